The maximum Gasteiger partial charge on any atom is 0.232 e. The minimum absolute atomic E-state index is 0.0417. The van der Waals surface area contributed by atoms with Crippen LogP contribution in [0, 0.1) is 5.92 Å². The lowest BCUT2D eigenvalue weighted by Crippen LogP contribution is -2.33. The molecule has 0 saturated heterocycles. The van der Waals surface area contributed by atoms with Crippen LogP contribution in [0.25, 0.3) is 0 Å². The first-order chi connectivity index (χ1) is 5.43. The fourth-order valence-electron chi connectivity index (χ4n) is 1.07. The van der Waals surface area contributed by atoms with Crippen LogP contribution in [0.2, 0.25) is 0 Å². The van der Waals surface area contributed by atoms with Crippen molar-refractivity contribution in [2.75, 3.05) is 6.26 Å². The molecule has 1 rings (SSSR count). The monoisotopic (exact) mass is 207 g/mol. The zero-order chi connectivity index (χ0) is 9.35. The van der Waals surface area contributed by atoms with E-state index in [4.69, 9.17) is 0 Å². The number of hydrogen-bond acceptors (Lipinski definition) is 3. The Labute approximate surface area is 77.9 Å². The summed E-state index contributed by atoms with van der Waals surface area (Å²) >= 11 is 1.55. The molecule has 0 saturated carbocycles. The Morgan fingerprint density at radius 3 is 2.42 bits per heavy atom. The zero-order valence-corrected chi connectivity index (χ0v) is 9.02. The molecule has 0 radical (unpaired) electrons. The van der Waals surface area contributed by atoms with E-state index in [0.29, 0.717) is 5.92 Å². The summed E-state index contributed by atoms with van der Waals surface area (Å²) < 4.78 is 23.8. The molecule has 0 amide bonds. The van der Waals surface area contributed by atoms with E-state index in [0.717, 1.165) is 0 Å². The summed E-state index contributed by atoms with van der Waals surface area (Å²) in [7, 11) is -3.07. The lowest BCUT2D eigenvalue weighted by atomic mass is 10.2. The van der Waals surface area contributed by atoms with Gasteiger partial charge in [0.2, 0.25) is 10.0 Å². The van der Waals surface area contributed by atoms with E-state index in [-0.39, 0.29) is 5.37 Å². The Hall–Kier alpha value is -0.160. The van der Waals surface area contributed by atoms with Crippen molar-refractivity contribution in [3.05, 3.63) is 11.6 Å². The highest BCUT2D eigenvalue weighted by Crippen LogP contribution is 2.32. The second kappa shape index (κ2) is 3.30. The van der Waals surface area contributed by atoms with Crippen LogP contribution in [-0.4, -0.2) is 24.4 Å². The van der Waals surface area contributed by atoms with Gasteiger partial charge in [-0.2, -0.15) is 0 Å². The van der Waals surface area contributed by atoms with Crippen molar-refractivity contribution >= 4 is 21.8 Å². The molecule has 1 atom stereocenters. The summed E-state index contributed by atoms with van der Waals surface area (Å²) in [5.74, 6) is 0.333. The summed E-state index contributed by atoms with van der Waals surface area (Å²) in [6.45, 7) is 4.03. The van der Waals surface area contributed by atoms with Crippen molar-refractivity contribution in [3.8, 4) is 0 Å². The fourth-order valence-corrected chi connectivity index (χ4v) is 3.54. The average molecular weight is 207 g/mol. The molecule has 0 N–H and O–H groups in total. The first-order valence-corrected chi connectivity index (χ1v) is 6.52. The molecule has 0 aromatic carbocycles. The van der Waals surface area contributed by atoms with Crippen molar-refractivity contribution in [3.63, 3.8) is 0 Å². The molecule has 1 aliphatic rings. The standard InChI is InChI=1S/C7H13NO2S2/c1-6(2)7-8(4-5-11-7)12(3,9)10/h4-7H,1-3H3. The first kappa shape index (κ1) is 9.92. The largest absolute Gasteiger partial charge is 0.263 e. The van der Waals surface area contributed by atoms with Crippen molar-refractivity contribution in [2.45, 2.75) is 19.2 Å². The van der Waals surface area contributed by atoms with Gasteiger partial charge in [-0.15, -0.1) is 11.8 Å². The minimum atomic E-state index is -3.07. The van der Waals surface area contributed by atoms with E-state index in [2.05, 4.69) is 0 Å². The molecule has 0 bridgehead atoms. The number of thioether (sulfide) groups is 1. The molecular formula is C7H13NO2S2. The van der Waals surface area contributed by atoms with Gasteiger partial charge in [-0.1, -0.05) is 13.8 Å². The summed E-state index contributed by atoms with van der Waals surface area (Å²) in [4.78, 5) is 0. The van der Waals surface area contributed by atoms with Gasteiger partial charge in [0.25, 0.3) is 0 Å². The van der Waals surface area contributed by atoms with E-state index < -0.39 is 10.0 Å². The van der Waals surface area contributed by atoms with Crippen LogP contribution in [0.4, 0.5) is 0 Å². The van der Waals surface area contributed by atoms with Crippen LogP contribution in [0.5, 0.6) is 0 Å². The van der Waals surface area contributed by atoms with Gasteiger partial charge in [0, 0.05) is 6.20 Å². The second-order valence-corrected chi connectivity index (χ2v) is 6.06. The molecule has 0 fully saturated rings. The third-order valence-corrected chi connectivity index (χ3v) is 4.21. The lowest BCUT2D eigenvalue weighted by molar-refractivity contribution is 0.422. The smallest absolute Gasteiger partial charge is 0.232 e. The summed E-state index contributed by atoms with van der Waals surface area (Å²) in [6, 6.07) is 0. The summed E-state index contributed by atoms with van der Waals surface area (Å²) in [5.41, 5.74) is 0. The average Bonchev–Trinajstić information content (AvgIpc) is 2.30. The SMILES string of the molecule is CC(C)C1SC=CN1S(C)(=O)=O. The van der Waals surface area contributed by atoms with Crippen molar-refractivity contribution < 1.29 is 8.42 Å². The number of sulfonamides is 1. The summed E-state index contributed by atoms with van der Waals surface area (Å²) in [5, 5.41) is 1.87. The predicted molar refractivity (Wildman–Crippen MR) is 52.0 cm³/mol. The van der Waals surface area contributed by atoms with Crippen molar-refractivity contribution in [1.82, 2.24) is 4.31 Å². The van der Waals surface area contributed by atoms with Crippen molar-refractivity contribution in [2.24, 2.45) is 5.92 Å². The zero-order valence-electron chi connectivity index (χ0n) is 7.39. The van der Waals surface area contributed by atoms with E-state index in [1.165, 1.54) is 10.6 Å². The molecule has 0 aromatic rings. The van der Waals surface area contributed by atoms with E-state index in [9.17, 15) is 8.42 Å². The molecule has 12 heavy (non-hydrogen) atoms. The van der Waals surface area contributed by atoms with Crippen LogP contribution in [0.15, 0.2) is 11.6 Å². The van der Waals surface area contributed by atoms with E-state index >= 15 is 0 Å². The molecule has 3 nitrogen and oxygen atoms in total. The van der Waals surface area contributed by atoms with Gasteiger partial charge in [0.1, 0.15) is 0 Å². The Morgan fingerprint density at radius 1 is 1.50 bits per heavy atom. The fraction of sp³-hybridized carbons (Fsp3) is 0.714. The maximum atomic E-state index is 11.2. The molecule has 5 heteroatoms. The van der Waals surface area contributed by atoms with Gasteiger partial charge in [-0.3, -0.25) is 4.31 Å². The molecule has 0 aromatic heterocycles. The number of rotatable bonds is 2. The molecule has 1 heterocycles. The molecule has 0 spiro atoms. The lowest BCUT2D eigenvalue weighted by Gasteiger charge is -2.25. The second-order valence-electron chi connectivity index (χ2n) is 3.15. The van der Waals surface area contributed by atoms with E-state index in [1.807, 2.05) is 19.3 Å². The van der Waals surface area contributed by atoms with E-state index in [1.54, 1.807) is 18.0 Å². The predicted octanol–water partition coefficient (Wildman–Crippen LogP) is 1.45. The summed E-state index contributed by atoms with van der Waals surface area (Å²) in [6.07, 6.45) is 2.86. The third-order valence-electron chi connectivity index (χ3n) is 1.63. The highest BCUT2D eigenvalue weighted by Gasteiger charge is 2.29. The molecule has 70 valence electrons. The van der Waals surface area contributed by atoms with Crippen LogP contribution in [0.3, 0.4) is 0 Å². The normalized spacial score (nSPS) is 24.0. The van der Waals surface area contributed by atoms with Gasteiger partial charge in [0.05, 0.1) is 11.6 Å². The number of hydrogen-bond donors (Lipinski definition) is 0. The Kier molecular flexibility index (Phi) is 2.73. The van der Waals surface area contributed by atoms with Gasteiger partial charge in [-0.05, 0) is 11.3 Å². The molecule has 1 aliphatic heterocycles. The van der Waals surface area contributed by atoms with Gasteiger partial charge >= 0.3 is 0 Å². The minimum Gasteiger partial charge on any atom is -0.263 e. The Balaban J connectivity index is 2.84. The molecule has 1 unspecified atom stereocenters. The van der Waals surface area contributed by atoms with Crippen LogP contribution in [-0.2, 0) is 10.0 Å². The van der Waals surface area contributed by atoms with Gasteiger partial charge < -0.3 is 0 Å². The highest BCUT2D eigenvalue weighted by atomic mass is 32.2. The van der Waals surface area contributed by atoms with Crippen LogP contribution >= 0.6 is 11.8 Å². The topological polar surface area (TPSA) is 37.4 Å². The third kappa shape index (κ3) is 1.95. The maximum absolute atomic E-state index is 11.2. The highest BCUT2D eigenvalue weighted by molar-refractivity contribution is 8.03. The van der Waals surface area contributed by atoms with Gasteiger partial charge in [-0.25, -0.2) is 8.42 Å². The van der Waals surface area contributed by atoms with Crippen LogP contribution in [0.1, 0.15) is 13.8 Å². The Bertz CT molecular complexity index is 282. The molecular weight excluding hydrogens is 194 g/mol. The Morgan fingerprint density at radius 2 is 2.08 bits per heavy atom. The van der Waals surface area contributed by atoms with Crippen molar-refractivity contribution in [1.29, 1.82) is 0 Å². The first-order valence-electron chi connectivity index (χ1n) is 3.73. The number of nitrogens with zero attached hydrogens (tertiary/aromatic N) is 1. The van der Waals surface area contributed by atoms with Gasteiger partial charge in [0.15, 0.2) is 0 Å². The van der Waals surface area contributed by atoms with Crippen LogP contribution < -0.4 is 0 Å². The quantitative estimate of drug-likeness (QED) is 0.687. The molecule has 0 aliphatic carbocycles.